The Kier molecular flexibility index (Phi) is 6.45. The molecule has 0 amide bonds. The van der Waals surface area contributed by atoms with Crippen molar-refractivity contribution in [1.82, 2.24) is 9.78 Å². The van der Waals surface area contributed by atoms with Crippen molar-refractivity contribution in [2.75, 3.05) is 14.2 Å². The van der Waals surface area contributed by atoms with Gasteiger partial charge in [-0.15, -0.1) is 0 Å². The number of methoxy groups -OCH3 is 2. The van der Waals surface area contributed by atoms with Crippen LogP contribution < -0.4 is 0 Å². The first kappa shape index (κ1) is 17.4. The number of hydrogen-bond acceptors (Lipinski definition) is 4. The topological polar surface area (TPSA) is 56.5 Å². The number of halogens is 1. The predicted octanol–water partition coefficient (Wildman–Crippen LogP) is 2.42. The summed E-state index contributed by atoms with van der Waals surface area (Å²) in [5.74, 6) is 0. The summed E-state index contributed by atoms with van der Waals surface area (Å²) in [5, 5.41) is 15.7. The average Bonchev–Trinajstić information content (AvgIpc) is 2.72. The predicted molar refractivity (Wildman–Crippen MR) is 79.0 cm³/mol. The summed E-state index contributed by atoms with van der Waals surface area (Å²) < 4.78 is 12.1. The van der Waals surface area contributed by atoms with Crippen molar-refractivity contribution in [2.45, 2.75) is 58.5 Å². The number of aromatic nitrogens is 2. The van der Waals surface area contributed by atoms with Gasteiger partial charge >= 0.3 is 0 Å². The Morgan fingerprint density at radius 1 is 1.35 bits per heavy atom. The lowest BCUT2D eigenvalue weighted by Gasteiger charge is -2.27. The molecular weight excluding hydrogens is 280 g/mol. The van der Waals surface area contributed by atoms with Gasteiger partial charge in [0, 0.05) is 33.6 Å². The van der Waals surface area contributed by atoms with Gasteiger partial charge in [-0.05, 0) is 20.3 Å². The van der Waals surface area contributed by atoms with E-state index in [-0.39, 0.29) is 0 Å². The van der Waals surface area contributed by atoms with Gasteiger partial charge in [0.15, 0.2) is 6.29 Å². The van der Waals surface area contributed by atoms with Crippen LogP contribution in [0.4, 0.5) is 0 Å². The molecule has 0 aromatic carbocycles. The van der Waals surface area contributed by atoms with Gasteiger partial charge in [0.2, 0.25) is 0 Å². The fraction of sp³-hybridized carbons (Fsp3) is 0.786. The van der Waals surface area contributed by atoms with Gasteiger partial charge in [0.25, 0.3) is 0 Å². The molecule has 0 aliphatic rings. The second-order valence-electron chi connectivity index (χ2n) is 5.16. The highest BCUT2D eigenvalue weighted by atomic mass is 35.5. The van der Waals surface area contributed by atoms with E-state index in [2.05, 4.69) is 5.10 Å². The molecule has 116 valence electrons. The van der Waals surface area contributed by atoms with E-state index in [0.717, 1.165) is 24.4 Å². The van der Waals surface area contributed by atoms with Crippen LogP contribution in [-0.4, -0.2) is 41.0 Å². The number of aliphatic hydroxyl groups is 1. The molecule has 1 aromatic rings. The van der Waals surface area contributed by atoms with Crippen molar-refractivity contribution >= 4 is 11.6 Å². The summed E-state index contributed by atoms with van der Waals surface area (Å²) in [4.78, 5) is 0. The van der Waals surface area contributed by atoms with Crippen molar-refractivity contribution < 1.29 is 14.6 Å². The van der Waals surface area contributed by atoms with Crippen molar-refractivity contribution in [3.8, 4) is 0 Å². The zero-order valence-electron chi connectivity index (χ0n) is 12.9. The molecule has 20 heavy (non-hydrogen) atoms. The Morgan fingerprint density at radius 3 is 2.40 bits per heavy atom. The standard InChI is InChI=1S/C14H25ClN2O3/c1-6-10-13(15)11(17(7-2)16-10)8-14(3,18)9-12(19-4)20-5/h12,18H,6-9H2,1-5H3. The minimum atomic E-state index is -0.974. The molecule has 1 unspecified atom stereocenters. The Bertz CT molecular complexity index is 428. The van der Waals surface area contributed by atoms with Crippen LogP contribution in [0.5, 0.6) is 0 Å². The van der Waals surface area contributed by atoms with Crippen LogP contribution in [0.2, 0.25) is 5.02 Å². The largest absolute Gasteiger partial charge is 0.390 e. The number of nitrogens with zero attached hydrogens (tertiary/aromatic N) is 2. The molecule has 0 aliphatic heterocycles. The summed E-state index contributed by atoms with van der Waals surface area (Å²) >= 11 is 6.36. The Hall–Kier alpha value is -0.620. The first-order valence-electron chi connectivity index (χ1n) is 6.90. The summed E-state index contributed by atoms with van der Waals surface area (Å²) in [6, 6.07) is 0. The number of aryl methyl sites for hydroxylation is 2. The monoisotopic (exact) mass is 304 g/mol. The van der Waals surface area contributed by atoms with E-state index in [9.17, 15) is 5.11 Å². The van der Waals surface area contributed by atoms with E-state index in [0.29, 0.717) is 17.9 Å². The second-order valence-corrected chi connectivity index (χ2v) is 5.53. The highest BCUT2D eigenvalue weighted by Crippen LogP contribution is 2.28. The first-order valence-corrected chi connectivity index (χ1v) is 7.28. The zero-order valence-corrected chi connectivity index (χ0v) is 13.7. The minimum absolute atomic E-state index is 0.368. The summed E-state index contributed by atoms with van der Waals surface area (Å²) in [7, 11) is 3.12. The van der Waals surface area contributed by atoms with E-state index >= 15 is 0 Å². The molecule has 0 saturated heterocycles. The molecule has 0 radical (unpaired) electrons. The fourth-order valence-corrected chi connectivity index (χ4v) is 2.58. The van der Waals surface area contributed by atoms with Gasteiger partial charge in [-0.3, -0.25) is 4.68 Å². The van der Waals surface area contributed by atoms with Gasteiger partial charge in [0.1, 0.15) is 0 Å². The smallest absolute Gasteiger partial charge is 0.159 e. The van der Waals surface area contributed by atoms with Crippen molar-refractivity contribution in [1.29, 1.82) is 0 Å². The lowest BCUT2D eigenvalue weighted by Crippen LogP contribution is -2.34. The lowest BCUT2D eigenvalue weighted by molar-refractivity contribution is -0.140. The number of rotatable bonds is 8. The number of ether oxygens (including phenoxy) is 2. The average molecular weight is 305 g/mol. The Morgan fingerprint density at radius 2 is 1.95 bits per heavy atom. The van der Waals surface area contributed by atoms with Crippen LogP contribution in [0.15, 0.2) is 0 Å². The Labute approximate surface area is 125 Å². The normalized spacial score (nSPS) is 14.8. The van der Waals surface area contributed by atoms with E-state index in [4.69, 9.17) is 21.1 Å². The maximum atomic E-state index is 10.6. The maximum absolute atomic E-state index is 10.6. The van der Waals surface area contributed by atoms with Crippen LogP contribution in [0.3, 0.4) is 0 Å². The van der Waals surface area contributed by atoms with Crippen LogP contribution in [0.1, 0.15) is 38.6 Å². The zero-order chi connectivity index (χ0) is 15.3. The lowest BCUT2D eigenvalue weighted by atomic mass is 9.95. The van der Waals surface area contributed by atoms with Crippen LogP contribution in [0.25, 0.3) is 0 Å². The van der Waals surface area contributed by atoms with E-state index in [1.807, 2.05) is 18.5 Å². The minimum Gasteiger partial charge on any atom is -0.390 e. The van der Waals surface area contributed by atoms with Crippen molar-refractivity contribution in [3.05, 3.63) is 16.4 Å². The molecule has 0 fully saturated rings. The van der Waals surface area contributed by atoms with Crippen LogP contribution in [-0.2, 0) is 28.9 Å². The van der Waals surface area contributed by atoms with Crippen LogP contribution in [0, 0.1) is 0 Å². The molecular formula is C14H25ClN2O3. The van der Waals surface area contributed by atoms with Gasteiger partial charge in [-0.2, -0.15) is 5.10 Å². The second kappa shape index (κ2) is 7.41. The highest BCUT2D eigenvalue weighted by molar-refractivity contribution is 6.31. The van der Waals surface area contributed by atoms with Crippen molar-refractivity contribution in [2.24, 2.45) is 0 Å². The quantitative estimate of drug-likeness (QED) is 0.749. The maximum Gasteiger partial charge on any atom is 0.159 e. The molecule has 1 aromatic heterocycles. The molecule has 1 atom stereocenters. The summed E-state index contributed by atoms with van der Waals surface area (Å²) in [6.45, 7) is 6.51. The van der Waals surface area contributed by atoms with Gasteiger partial charge in [0.05, 0.1) is 22.0 Å². The van der Waals surface area contributed by atoms with Crippen LogP contribution >= 0.6 is 11.6 Å². The molecule has 1 heterocycles. The molecule has 1 N–H and O–H groups in total. The Balaban J connectivity index is 2.93. The SMILES string of the molecule is CCc1nn(CC)c(CC(C)(O)CC(OC)OC)c1Cl. The third kappa shape index (κ3) is 4.19. The fourth-order valence-electron chi connectivity index (χ4n) is 2.24. The molecule has 0 saturated carbocycles. The number of hydrogen-bond donors (Lipinski definition) is 1. The molecule has 0 aliphatic carbocycles. The van der Waals surface area contributed by atoms with E-state index in [1.165, 1.54) is 0 Å². The highest BCUT2D eigenvalue weighted by Gasteiger charge is 2.29. The summed E-state index contributed by atoms with van der Waals surface area (Å²) in [5.41, 5.74) is 0.759. The first-order chi connectivity index (χ1) is 9.38. The van der Waals surface area contributed by atoms with Gasteiger partial charge in [-0.25, -0.2) is 0 Å². The van der Waals surface area contributed by atoms with Crippen molar-refractivity contribution in [3.63, 3.8) is 0 Å². The molecule has 6 heteroatoms. The third-order valence-corrected chi connectivity index (χ3v) is 3.81. The van der Waals surface area contributed by atoms with Gasteiger partial charge in [-0.1, -0.05) is 18.5 Å². The van der Waals surface area contributed by atoms with Gasteiger partial charge < -0.3 is 14.6 Å². The third-order valence-electron chi connectivity index (χ3n) is 3.37. The molecule has 0 bridgehead atoms. The molecule has 5 nitrogen and oxygen atoms in total. The van der Waals surface area contributed by atoms with E-state index < -0.39 is 11.9 Å². The molecule has 0 spiro atoms. The van der Waals surface area contributed by atoms with E-state index in [1.54, 1.807) is 21.1 Å². The summed E-state index contributed by atoms with van der Waals surface area (Å²) in [6.07, 6.45) is 1.12. The molecule has 1 rings (SSSR count).